The molecule has 144 valence electrons. The van der Waals surface area contributed by atoms with Crippen molar-refractivity contribution in [3.05, 3.63) is 70.3 Å². The lowest BCUT2D eigenvalue weighted by Gasteiger charge is -2.30. The molecule has 0 radical (unpaired) electrons. The van der Waals surface area contributed by atoms with Crippen LogP contribution in [0.3, 0.4) is 0 Å². The van der Waals surface area contributed by atoms with Crippen molar-refractivity contribution in [3.8, 4) is 0 Å². The molecule has 0 aromatic heterocycles. The number of aryl methyl sites for hydroxylation is 2. The summed E-state index contributed by atoms with van der Waals surface area (Å²) >= 11 is 0. The number of hydrogen-bond acceptors (Lipinski definition) is 2. The third-order valence-corrected chi connectivity index (χ3v) is 5.01. The van der Waals surface area contributed by atoms with Crippen LogP contribution in [0.4, 0.5) is 13.2 Å². The minimum absolute atomic E-state index is 0.107. The number of alkyl halides is 3. The van der Waals surface area contributed by atoms with Crippen molar-refractivity contribution >= 4 is 6.21 Å². The van der Waals surface area contributed by atoms with Crippen molar-refractivity contribution in [3.63, 3.8) is 0 Å². The van der Waals surface area contributed by atoms with Crippen LogP contribution in [0.5, 0.6) is 0 Å². The van der Waals surface area contributed by atoms with Crippen molar-refractivity contribution in [1.29, 1.82) is 0 Å². The lowest BCUT2D eigenvalue weighted by Crippen LogP contribution is -3.13. The average molecular weight is 376 g/mol. The van der Waals surface area contributed by atoms with Gasteiger partial charge in [-0.2, -0.15) is 18.3 Å². The summed E-state index contributed by atoms with van der Waals surface area (Å²) in [6, 6.07) is 12.1. The van der Waals surface area contributed by atoms with E-state index >= 15 is 0 Å². The summed E-state index contributed by atoms with van der Waals surface area (Å²) in [6.45, 7) is 8.53. The smallest absolute Gasteiger partial charge is 0.328 e. The van der Waals surface area contributed by atoms with Crippen molar-refractivity contribution in [1.82, 2.24) is 5.01 Å². The normalized spacial score (nSPS) is 16.3. The minimum atomic E-state index is -4.36. The van der Waals surface area contributed by atoms with Crippen molar-refractivity contribution in [2.75, 3.05) is 26.2 Å². The summed E-state index contributed by atoms with van der Waals surface area (Å²) in [5.74, 6) is 0. The molecule has 0 amide bonds. The molecule has 1 heterocycles. The molecule has 1 fully saturated rings. The largest absolute Gasteiger partial charge is 0.417 e. The van der Waals surface area contributed by atoms with E-state index in [1.807, 2.05) is 5.01 Å². The van der Waals surface area contributed by atoms with E-state index in [2.05, 4.69) is 37.1 Å². The van der Waals surface area contributed by atoms with Crippen LogP contribution in [0, 0.1) is 13.8 Å². The molecule has 2 aromatic carbocycles. The number of halogens is 3. The fraction of sp³-hybridized carbons (Fsp3) is 0.381. The van der Waals surface area contributed by atoms with E-state index in [1.54, 1.807) is 6.07 Å². The van der Waals surface area contributed by atoms with Crippen LogP contribution in [0.2, 0.25) is 0 Å². The zero-order chi connectivity index (χ0) is 19.4. The van der Waals surface area contributed by atoms with Crippen LogP contribution in [0.15, 0.2) is 47.6 Å². The Balaban J connectivity index is 1.58. The molecule has 3 nitrogen and oxygen atoms in total. The van der Waals surface area contributed by atoms with Gasteiger partial charge in [-0.05, 0) is 25.5 Å². The van der Waals surface area contributed by atoms with Crippen LogP contribution in [-0.4, -0.2) is 37.4 Å². The maximum Gasteiger partial charge on any atom is 0.417 e. The fourth-order valence-electron chi connectivity index (χ4n) is 3.43. The van der Waals surface area contributed by atoms with Gasteiger partial charge in [-0.3, -0.25) is 5.01 Å². The van der Waals surface area contributed by atoms with E-state index in [4.69, 9.17) is 0 Å². The molecule has 0 aliphatic carbocycles. The van der Waals surface area contributed by atoms with Gasteiger partial charge < -0.3 is 4.90 Å². The average Bonchev–Trinajstić information content (AvgIpc) is 2.63. The van der Waals surface area contributed by atoms with E-state index in [9.17, 15) is 13.2 Å². The maximum absolute atomic E-state index is 13.1. The van der Waals surface area contributed by atoms with Crippen molar-refractivity contribution in [2.45, 2.75) is 26.6 Å². The van der Waals surface area contributed by atoms with Gasteiger partial charge in [0.25, 0.3) is 0 Å². The Kier molecular flexibility index (Phi) is 5.85. The van der Waals surface area contributed by atoms with Crippen molar-refractivity contribution in [2.24, 2.45) is 5.10 Å². The molecular formula is C21H25F3N3+. The van der Waals surface area contributed by atoms with Crippen LogP contribution in [-0.2, 0) is 12.7 Å². The van der Waals surface area contributed by atoms with Gasteiger partial charge in [0.1, 0.15) is 6.54 Å². The summed E-state index contributed by atoms with van der Waals surface area (Å²) in [7, 11) is 0. The fourth-order valence-corrected chi connectivity index (χ4v) is 3.43. The van der Waals surface area contributed by atoms with Gasteiger partial charge in [-0.1, -0.05) is 42.0 Å². The Labute approximate surface area is 158 Å². The first-order chi connectivity index (χ1) is 12.8. The highest BCUT2D eigenvalue weighted by Gasteiger charge is 2.32. The van der Waals surface area contributed by atoms with Crippen LogP contribution in [0.25, 0.3) is 0 Å². The number of hydrogen-bond donors (Lipinski definition) is 1. The quantitative estimate of drug-likeness (QED) is 0.813. The number of nitrogens with zero attached hydrogens (tertiary/aromatic N) is 2. The first kappa shape index (κ1) is 19.4. The van der Waals surface area contributed by atoms with Gasteiger partial charge in [0.05, 0.1) is 38.0 Å². The molecule has 0 saturated carbocycles. The molecule has 27 heavy (non-hydrogen) atoms. The molecule has 3 rings (SSSR count). The number of piperazine rings is 1. The summed E-state index contributed by atoms with van der Waals surface area (Å²) in [5, 5.41) is 6.15. The van der Waals surface area contributed by atoms with E-state index in [0.717, 1.165) is 38.8 Å². The molecule has 1 saturated heterocycles. The minimum Gasteiger partial charge on any atom is -0.328 e. The summed E-state index contributed by atoms with van der Waals surface area (Å²) < 4.78 is 39.2. The Bertz CT molecular complexity index is 807. The lowest BCUT2D eigenvalue weighted by atomic mass is 10.1. The number of rotatable bonds is 4. The molecule has 0 bridgehead atoms. The molecule has 6 heteroatoms. The predicted molar refractivity (Wildman–Crippen MR) is 101 cm³/mol. The highest BCUT2D eigenvalue weighted by molar-refractivity contribution is 5.81. The molecular weight excluding hydrogens is 351 g/mol. The Morgan fingerprint density at radius 3 is 2.44 bits per heavy atom. The molecule has 1 aliphatic rings. The second kappa shape index (κ2) is 8.13. The highest BCUT2D eigenvalue weighted by Crippen LogP contribution is 2.31. The van der Waals surface area contributed by atoms with E-state index < -0.39 is 11.7 Å². The molecule has 1 aliphatic heterocycles. The SMILES string of the molecule is Cc1ccc(C[NH+]2CCN(/N=C\c3ccccc3C(F)(F)F)CC2)c(C)c1. The predicted octanol–water partition coefficient (Wildman–Crippen LogP) is 3.06. The van der Waals surface area contributed by atoms with Gasteiger partial charge in [0.2, 0.25) is 0 Å². The summed E-state index contributed by atoms with van der Waals surface area (Å²) in [4.78, 5) is 1.48. The monoisotopic (exact) mass is 376 g/mol. The summed E-state index contributed by atoms with van der Waals surface area (Å²) in [5.41, 5.74) is 3.39. The Morgan fingerprint density at radius 1 is 1.07 bits per heavy atom. The molecule has 0 atom stereocenters. The first-order valence-electron chi connectivity index (χ1n) is 9.18. The molecule has 0 unspecified atom stereocenters. The van der Waals surface area contributed by atoms with Crippen LogP contribution >= 0.6 is 0 Å². The number of benzene rings is 2. The van der Waals surface area contributed by atoms with Gasteiger partial charge in [-0.25, -0.2) is 0 Å². The van der Waals surface area contributed by atoms with Gasteiger partial charge >= 0.3 is 6.18 Å². The van der Waals surface area contributed by atoms with E-state index in [-0.39, 0.29) is 5.56 Å². The first-order valence-corrected chi connectivity index (χ1v) is 9.18. The Hall–Kier alpha value is -2.34. The zero-order valence-corrected chi connectivity index (χ0v) is 15.7. The summed E-state index contributed by atoms with van der Waals surface area (Å²) in [6.07, 6.45) is -3.03. The number of hydrazone groups is 1. The van der Waals surface area contributed by atoms with Crippen LogP contribution in [0.1, 0.15) is 27.8 Å². The molecule has 0 spiro atoms. The van der Waals surface area contributed by atoms with E-state index in [1.165, 1.54) is 39.9 Å². The number of nitrogens with one attached hydrogen (secondary N) is 1. The topological polar surface area (TPSA) is 20.0 Å². The second-order valence-electron chi connectivity index (χ2n) is 7.14. The lowest BCUT2D eigenvalue weighted by molar-refractivity contribution is -0.918. The third kappa shape index (κ3) is 5.10. The zero-order valence-electron chi connectivity index (χ0n) is 15.7. The standard InChI is InChI=1S/C21H24F3N3/c1-16-7-8-19(17(2)13-16)15-26-9-11-27(12-10-26)25-14-18-5-3-4-6-20(18)21(22,23)24/h3-8,13-14H,9-12,15H2,1-2H3/p+1/b25-14-. The number of quaternary nitrogens is 1. The third-order valence-electron chi connectivity index (χ3n) is 5.01. The molecule has 1 N–H and O–H groups in total. The van der Waals surface area contributed by atoms with Gasteiger partial charge in [0.15, 0.2) is 0 Å². The maximum atomic E-state index is 13.1. The van der Waals surface area contributed by atoms with E-state index in [0.29, 0.717) is 0 Å². The Morgan fingerprint density at radius 2 is 1.78 bits per heavy atom. The van der Waals surface area contributed by atoms with Crippen LogP contribution < -0.4 is 4.90 Å². The second-order valence-corrected chi connectivity index (χ2v) is 7.14. The van der Waals surface area contributed by atoms with Gasteiger partial charge in [0, 0.05) is 11.1 Å². The highest BCUT2D eigenvalue weighted by atomic mass is 19.4. The van der Waals surface area contributed by atoms with Crippen molar-refractivity contribution < 1.29 is 18.1 Å². The molecule has 2 aromatic rings. The van der Waals surface area contributed by atoms with Gasteiger partial charge in [-0.15, -0.1) is 0 Å².